The summed E-state index contributed by atoms with van der Waals surface area (Å²) in [5.41, 5.74) is 0.972. The molecule has 0 N–H and O–H groups in total. The van der Waals surface area contributed by atoms with E-state index in [0.29, 0.717) is 0 Å². The minimum Gasteiger partial charge on any atom is -0.353 e. The molecule has 19 heavy (non-hydrogen) atoms. The highest BCUT2D eigenvalue weighted by Crippen LogP contribution is 2.28. The Hall–Kier alpha value is -1.23. The summed E-state index contributed by atoms with van der Waals surface area (Å²) in [6.07, 6.45) is 5.64. The molecule has 2 aliphatic rings. The molecule has 2 heterocycles. The molecule has 104 valence electrons. The van der Waals surface area contributed by atoms with Crippen LogP contribution in [0, 0.1) is 6.92 Å². The SMILES string of the molecule is Cc1nccnc1N1CCN(C2CCCC2F)CC1. The Balaban J connectivity index is 1.62. The molecule has 0 bridgehead atoms. The van der Waals surface area contributed by atoms with E-state index >= 15 is 0 Å². The third kappa shape index (κ3) is 2.56. The van der Waals surface area contributed by atoms with Gasteiger partial charge in [-0.25, -0.2) is 9.37 Å². The van der Waals surface area contributed by atoms with Crippen LogP contribution in [-0.2, 0) is 0 Å². The lowest BCUT2D eigenvalue weighted by molar-refractivity contribution is 0.124. The normalized spacial score (nSPS) is 28.8. The van der Waals surface area contributed by atoms with Crippen molar-refractivity contribution < 1.29 is 4.39 Å². The van der Waals surface area contributed by atoms with Crippen LogP contribution in [-0.4, -0.2) is 53.3 Å². The maximum absolute atomic E-state index is 13.8. The monoisotopic (exact) mass is 264 g/mol. The maximum atomic E-state index is 13.8. The van der Waals surface area contributed by atoms with Gasteiger partial charge < -0.3 is 4.90 Å². The first kappa shape index (κ1) is 12.8. The van der Waals surface area contributed by atoms with Crippen LogP contribution in [0.15, 0.2) is 12.4 Å². The van der Waals surface area contributed by atoms with Gasteiger partial charge >= 0.3 is 0 Å². The van der Waals surface area contributed by atoms with E-state index in [4.69, 9.17) is 0 Å². The van der Waals surface area contributed by atoms with E-state index in [1.54, 1.807) is 12.4 Å². The summed E-state index contributed by atoms with van der Waals surface area (Å²) in [6.45, 7) is 5.69. The molecule has 0 radical (unpaired) electrons. The summed E-state index contributed by atoms with van der Waals surface area (Å²) in [6, 6.07) is 0.158. The zero-order valence-electron chi connectivity index (χ0n) is 11.4. The molecule has 0 spiro atoms. The molecule has 1 aliphatic carbocycles. The van der Waals surface area contributed by atoms with Crippen molar-refractivity contribution in [2.24, 2.45) is 0 Å². The molecule has 1 saturated carbocycles. The molecule has 1 aliphatic heterocycles. The lowest BCUT2D eigenvalue weighted by Gasteiger charge is -2.39. The van der Waals surface area contributed by atoms with Crippen LogP contribution in [0.1, 0.15) is 25.0 Å². The van der Waals surface area contributed by atoms with E-state index in [1.165, 1.54) is 0 Å². The van der Waals surface area contributed by atoms with Crippen LogP contribution in [0.5, 0.6) is 0 Å². The Labute approximate surface area is 113 Å². The molecule has 2 fully saturated rings. The third-order valence-electron chi connectivity index (χ3n) is 4.34. The van der Waals surface area contributed by atoms with E-state index in [0.717, 1.165) is 57.0 Å². The minimum absolute atomic E-state index is 0.158. The first-order chi connectivity index (χ1) is 9.25. The number of hydrogen-bond acceptors (Lipinski definition) is 4. The molecular weight excluding hydrogens is 243 g/mol. The van der Waals surface area contributed by atoms with Gasteiger partial charge in [0.25, 0.3) is 0 Å². The van der Waals surface area contributed by atoms with Crippen molar-refractivity contribution >= 4 is 5.82 Å². The Morgan fingerprint density at radius 2 is 1.84 bits per heavy atom. The van der Waals surface area contributed by atoms with Crippen molar-refractivity contribution in [2.75, 3.05) is 31.1 Å². The van der Waals surface area contributed by atoms with Crippen LogP contribution in [0.2, 0.25) is 0 Å². The topological polar surface area (TPSA) is 32.3 Å². The largest absolute Gasteiger partial charge is 0.353 e. The van der Waals surface area contributed by atoms with E-state index < -0.39 is 6.17 Å². The summed E-state index contributed by atoms with van der Waals surface area (Å²) in [5, 5.41) is 0. The van der Waals surface area contributed by atoms with E-state index in [2.05, 4.69) is 19.8 Å². The fourth-order valence-corrected chi connectivity index (χ4v) is 3.28. The van der Waals surface area contributed by atoms with Crippen LogP contribution in [0.25, 0.3) is 0 Å². The zero-order valence-corrected chi connectivity index (χ0v) is 11.4. The summed E-state index contributed by atoms with van der Waals surface area (Å²) in [4.78, 5) is 13.3. The summed E-state index contributed by atoms with van der Waals surface area (Å²) >= 11 is 0. The number of rotatable bonds is 2. The third-order valence-corrected chi connectivity index (χ3v) is 4.34. The van der Waals surface area contributed by atoms with Crippen molar-refractivity contribution in [1.82, 2.24) is 14.9 Å². The molecular formula is C14H21FN4. The number of nitrogens with zero attached hydrogens (tertiary/aromatic N) is 4. The first-order valence-electron chi connectivity index (χ1n) is 7.16. The van der Waals surface area contributed by atoms with Crippen molar-refractivity contribution in [1.29, 1.82) is 0 Å². The van der Waals surface area contributed by atoms with Gasteiger partial charge in [0.1, 0.15) is 12.0 Å². The highest BCUT2D eigenvalue weighted by molar-refractivity contribution is 5.42. The fourth-order valence-electron chi connectivity index (χ4n) is 3.28. The average molecular weight is 264 g/mol. The molecule has 0 amide bonds. The first-order valence-corrected chi connectivity index (χ1v) is 7.16. The molecule has 1 aromatic heterocycles. The van der Waals surface area contributed by atoms with Gasteiger partial charge in [-0.2, -0.15) is 0 Å². The number of piperazine rings is 1. The van der Waals surface area contributed by atoms with E-state index in [-0.39, 0.29) is 6.04 Å². The fraction of sp³-hybridized carbons (Fsp3) is 0.714. The maximum Gasteiger partial charge on any atom is 0.150 e. The highest BCUT2D eigenvalue weighted by atomic mass is 19.1. The number of hydrogen-bond donors (Lipinski definition) is 0. The molecule has 3 rings (SSSR count). The van der Waals surface area contributed by atoms with Gasteiger partial charge in [0.15, 0.2) is 0 Å². The number of anilines is 1. The number of alkyl halides is 1. The Bertz CT molecular complexity index is 431. The lowest BCUT2D eigenvalue weighted by Crippen LogP contribution is -2.52. The van der Waals surface area contributed by atoms with Crippen molar-refractivity contribution in [3.8, 4) is 0 Å². The second-order valence-electron chi connectivity index (χ2n) is 5.50. The van der Waals surface area contributed by atoms with Crippen LogP contribution in [0.3, 0.4) is 0 Å². The molecule has 2 unspecified atom stereocenters. The Kier molecular flexibility index (Phi) is 3.64. The smallest absolute Gasteiger partial charge is 0.150 e. The van der Waals surface area contributed by atoms with Gasteiger partial charge in [0.2, 0.25) is 0 Å². The van der Waals surface area contributed by atoms with Gasteiger partial charge in [0, 0.05) is 44.6 Å². The van der Waals surface area contributed by atoms with Crippen LogP contribution >= 0.6 is 0 Å². The predicted molar refractivity (Wildman–Crippen MR) is 73.1 cm³/mol. The molecule has 5 heteroatoms. The number of halogens is 1. The van der Waals surface area contributed by atoms with Gasteiger partial charge in [-0.1, -0.05) is 0 Å². The van der Waals surface area contributed by atoms with Crippen LogP contribution < -0.4 is 4.90 Å². The standard InChI is InChI=1S/C14H21FN4/c1-11-14(17-6-5-16-11)19-9-7-18(8-10-19)13-4-2-3-12(13)15/h5-6,12-13H,2-4,7-10H2,1H3. The summed E-state index contributed by atoms with van der Waals surface area (Å²) in [5.74, 6) is 0.977. The lowest BCUT2D eigenvalue weighted by atomic mass is 10.1. The molecule has 4 nitrogen and oxygen atoms in total. The Morgan fingerprint density at radius 3 is 2.47 bits per heavy atom. The molecule has 1 saturated heterocycles. The number of aryl methyl sites for hydroxylation is 1. The van der Waals surface area contributed by atoms with Gasteiger partial charge in [-0.3, -0.25) is 9.88 Å². The predicted octanol–water partition coefficient (Wildman–Crippen LogP) is 1.80. The van der Waals surface area contributed by atoms with Crippen molar-refractivity contribution in [3.63, 3.8) is 0 Å². The zero-order chi connectivity index (χ0) is 13.2. The van der Waals surface area contributed by atoms with E-state index in [1.807, 2.05) is 6.92 Å². The quantitative estimate of drug-likeness (QED) is 0.815. The van der Waals surface area contributed by atoms with Gasteiger partial charge in [-0.05, 0) is 26.2 Å². The average Bonchev–Trinajstić information content (AvgIpc) is 2.86. The molecule has 1 aromatic rings. The summed E-state index contributed by atoms with van der Waals surface area (Å²) < 4.78 is 13.8. The van der Waals surface area contributed by atoms with Gasteiger partial charge in [-0.15, -0.1) is 0 Å². The van der Waals surface area contributed by atoms with Gasteiger partial charge in [0.05, 0.1) is 5.69 Å². The second-order valence-corrected chi connectivity index (χ2v) is 5.50. The van der Waals surface area contributed by atoms with E-state index in [9.17, 15) is 4.39 Å². The molecule has 0 aromatic carbocycles. The molecule has 2 atom stereocenters. The highest BCUT2D eigenvalue weighted by Gasteiger charge is 2.34. The summed E-state index contributed by atoms with van der Waals surface area (Å²) in [7, 11) is 0. The Morgan fingerprint density at radius 1 is 1.11 bits per heavy atom. The second kappa shape index (κ2) is 5.41. The van der Waals surface area contributed by atoms with Crippen molar-refractivity contribution in [2.45, 2.75) is 38.4 Å². The minimum atomic E-state index is -0.621. The van der Waals surface area contributed by atoms with Crippen LogP contribution in [0.4, 0.5) is 10.2 Å². The van der Waals surface area contributed by atoms with Crippen molar-refractivity contribution in [3.05, 3.63) is 18.1 Å². The number of aromatic nitrogens is 2.